The minimum atomic E-state index is -0.695. The van der Waals surface area contributed by atoms with Crippen molar-refractivity contribution in [2.24, 2.45) is 0 Å². The Hall–Kier alpha value is -1.00. The molecule has 1 fully saturated rings. The Morgan fingerprint density at radius 2 is 2.17 bits per heavy atom. The van der Waals surface area contributed by atoms with Crippen molar-refractivity contribution in [2.75, 3.05) is 18.8 Å². The topological polar surface area (TPSA) is 40.5 Å². The maximum absolute atomic E-state index is 11.9. The summed E-state index contributed by atoms with van der Waals surface area (Å²) in [5.74, 6) is 1.48. The van der Waals surface area contributed by atoms with Gasteiger partial charge in [-0.15, -0.1) is 11.8 Å². The number of likely N-dealkylation sites (tertiary alicyclic amines) is 1. The lowest BCUT2D eigenvalue weighted by molar-refractivity contribution is -0.128. The molecule has 1 unspecified atom stereocenters. The van der Waals surface area contributed by atoms with E-state index in [0.717, 1.165) is 5.75 Å². The minimum Gasteiger partial charge on any atom is -0.388 e. The molecule has 1 saturated heterocycles. The first kappa shape index (κ1) is 13.4. The second-order valence-electron chi connectivity index (χ2n) is 5.04. The van der Waals surface area contributed by atoms with Crippen molar-refractivity contribution >= 4 is 17.7 Å². The zero-order valence-corrected chi connectivity index (χ0v) is 11.4. The van der Waals surface area contributed by atoms with Crippen molar-refractivity contribution in [3.8, 4) is 0 Å². The summed E-state index contributed by atoms with van der Waals surface area (Å²) in [6.45, 7) is 2.94. The summed E-state index contributed by atoms with van der Waals surface area (Å²) in [5.41, 5.74) is 0.545. The maximum Gasteiger partial charge on any atom is 0.232 e. The summed E-state index contributed by atoms with van der Waals surface area (Å²) in [6.07, 6.45) is 0.683. The van der Waals surface area contributed by atoms with E-state index < -0.39 is 5.60 Å². The molecule has 0 spiro atoms. The molecule has 0 radical (unpaired) electrons. The van der Waals surface area contributed by atoms with Crippen molar-refractivity contribution in [2.45, 2.75) is 24.7 Å². The fraction of sp³-hybridized carbons (Fsp3) is 0.500. The average Bonchev–Trinajstić information content (AvgIpc) is 2.71. The van der Waals surface area contributed by atoms with Crippen molar-refractivity contribution in [3.05, 3.63) is 35.9 Å². The molecular weight excluding hydrogens is 246 g/mol. The van der Waals surface area contributed by atoms with E-state index in [4.69, 9.17) is 0 Å². The molecule has 98 valence electrons. The summed E-state index contributed by atoms with van der Waals surface area (Å²) in [4.78, 5) is 13.7. The number of benzene rings is 1. The number of nitrogens with zero attached hydrogens (tertiary/aromatic N) is 1. The zero-order valence-electron chi connectivity index (χ0n) is 10.6. The Kier molecular flexibility index (Phi) is 4.30. The largest absolute Gasteiger partial charge is 0.388 e. The van der Waals surface area contributed by atoms with E-state index >= 15 is 0 Å². The lowest BCUT2D eigenvalue weighted by atomic mass is 10.1. The van der Waals surface area contributed by atoms with Crippen molar-refractivity contribution in [1.82, 2.24) is 4.90 Å². The van der Waals surface area contributed by atoms with Gasteiger partial charge >= 0.3 is 0 Å². The Bertz CT molecular complexity index is 406. The average molecular weight is 265 g/mol. The van der Waals surface area contributed by atoms with Crippen LogP contribution in [0, 0.1) is 0 Å². The Labute approximate surface area is 112 Å². The van der Waals surface area contributed by atoms with Gasteiger partial charge in [-0.3, -0.25) is 4.79 Å². The lowest BCUT2D eigenvalue weighted by Gasteiger charge is -2.18. The quantitative estimate of drug-likeness (QED) is 0.904. The summed E-state index contributed by atoms with van der Waals surface area (Å²) < 4.78 is 0. The molecule has 3 nitrogen and oxygen atoms in total. The molecule has 0 saturated carbocycles. The predicted molar refractivity (Wildman–Crippen MR) is 74.4 cm³/mol. The van der Waals surface area contributed by atoms with Crippen LogP contribution in [0.3, 0.4) is 0 Å². The lowest BCUT2D eigenvalue weighted by Crippen LogP contribution is -2.34. The van der Waals surface area contributed by atoms with Crippen LogP contribution >= 0.6 is 11.8 Å². The van der Waals surface area contributed by atoms with Gasteiger partial charge in [0.2, 0.25) is 5.91 Å². The van der Waals surface area contributed by atoms with Crippen molar-refractivity contribution in [3.63, 3.8) is 0 Å². The van der Waals surface area contributed by atoms with Gasteiger partial charge in [0.15, 0.2) is 0 Å². The van der Waals surface area contributed by atoms with E-state index in [9.17, 15) is 9.90 Å². The van der Waals surface area contributed by atoms with Gasteiger partial charge in [0.1, 0.15) is 0 Å². The number of rotatable bonds is 4. The number of hydrogen-bond donors (Lipinski definition) is 1. The SMILES string of the molecule is CC1(O)CCN(C(=O)CSCc2ccccc2)C1. The third-order valence-corrected chi connectivity index (χ3v) is 4.13. The number of amides is 1. The second-order valence-corrected chi connectivity index (χ2v) is 6.03. The van der Waals surface area contributed by atoms with Gasteiger partial charge in [0, 0.05) is 18.8 Å². The highest BCUT2D eigenvalue weighted by molar-refractivity contribution is 7.99. The van der Waals surface area contributed by atoms with Crippen LogP contribution in [0.25, 0.3) is 0 Å². The number of carbonyl (C=O) groups excluding carboxylic acids is 1. The molecule has 1 N–H and O–H groups in total. The van der Waals surface area contributed by atoms with Gasteiger partial charge < -0.3 is 10.0 Å². The summed E-state index contributed by atoms with van der Waals surface area (Å²) in [5, 5.41) is 9.82. The molecule has 1 aromatic rings. The molecule has 18 heavy (non-hydrogen) atoms. The molecule has 0 aliphatic carbocycles. The van der Waals surface area contributed by atoms with E-state index in [-0.39, 0.29) is 5.91 Å². The standard InChI is InChI=1S/C14H19NO2S/c1-14(17)7-8-15(11-14)13(16)10-18-9-12-5-3-2-4-6-12/h2-6,17H,7-11H2,1H3. The van der Waals surface area contributed by atoms with E-state index in [1.165, 1.54) is 5.56 Å². The van der Waals surface area contributed by atoms with Gasteiger partial charge in [-0.05, 0) is 18.9 Å². The van der Waals surface area contributed by atoms with Gasteiger partial charge in [-0.2, -0.15) is 0 Å². The van der Waals surface area contributed by atoms with Crippen LogP contribution < -0.4 is 0 Å². The number of aliphatic hydroxyl groups is 1. The van der Waals surface area contributed by atoms with Crippen LogP contribution in [0.1, 0.15) is 18.9 Å². The highest BCUT2D eigenvalue weighted by atomic mass is 32.2. The molecule has 1 aliphatic heterocycles. The van der Waals surface area contributed by atoms with Crippen molar-refractivity contribution < 1.29 is 9.90 Å². The molecule has 4 heteroatoms. The van der Waals surface area contributed by atoms with Gasteiger partial charge in [-0.25, -0.2) is 0 Å². The van der Waals surface area contributed by atoms with Crippen LogP contribution in [0.2, 0.25) is 0 Å². The molecule has 1 aromatic carbocycles. The summed E-state index contributed by atoms with van der Waals surface area (Å²) in [7, 11) is 0. The van der Waals surface area contributed by atoms with Gasteiger partial charge in [0.05, 0.1) is 11.4 Å². The maximum atomic E-state index is 11.9. The third-order valence-electron chi connectivity index (χ3n) is 3.14. The molecule has 1 heterocycles. The van der Waals surface area contributed by atoms with Gasteiger partial charge in [-0.1, -0.05) is 30.3 Å². The molecule has 1 amide bonds. The normalized spacial score (nSPS) is 23.3. The molecule has 1 atom stereocenters. The smallest absolute Gasteiger partial charge is 0.232 e. The van der Waals surface area contributed by atoms with Crippen LogP contribution in [0.4, 0.5) is 0 Å². The molecule has 2 rings (SSSR count). The number of thioether (sulfide) groups is 1. The summed E-state index contributed by atoms with van der Waals surface area (Å²) in [6, 6.07) is 10.1. The fourth-order valence-electron chi connectivity index (χ4n) is 2.08. The molecule has 1 aliphatic rings. The molecule has 0 bridgehead atoms. The Balaban J connectivity index is 1.73. The Morgan fingerprint density at radius 3 is 2.78 bits per heavy atom. The molecular formula is C14H19NO2S. The minimum absolute atomic E-state index is 0.133. The van der Waals surface area contributed by atoms with E-state index in [1.54, 1.807) is 23.6 Å². The van der Waals surface area contributed by atoms with E-state index in [2.05, 4.69) is 12.1 Å². The highest BCUT2D eigenvalue weighted by Crippen LogP contribution is 2.21. The van der Waals surface area contributed by atoms with Crippen LogP contribution in [0.5, 0.6) is 0 Å². The van der Waals surface area contributed by atoms with E-state index in [0.29, 0.717) is 25.3 Å². The number of β-amino-alcohol motifs (C(OH)–C–C–N with tert-alkyl or cyclic N) is 1. The van der Waals surface area contributed by atoms with Crippen molar-refractivity contribution in [1.29, 1.82) is 0 Å². The first-order chi connectivity index (χ1) is 8.57. The second kappa shape index (κ2) is 5.76. The van der Waals surface area contributed by atoms with Crippen LogP contribution in [-0.2, 0) is 10.5 Å². The zero-order chi connectivity index (χ0) is 13.0. The van der Waals surface area contributed by atoms with E-state index in [1.807, 2.05) is 18.2 Å². The number of hydrogen-bond acceptors (Lipinski definition) is 3. The van der Waals surface area contributed by atoms with Crippen LogP contribution in [0.15, 0.2) is 30.3 Å². The monoisotopic (exact) mass is 265 g/mol. The first-order valence-electron chi connectivity index (χ1n) is 6.19. The Morgan fingerprint density at radius 1 is 1.44 bits per heavy atom. The highest BCUT2D eigenvalue weighted by Gasteiger charge is 2.33. The summed E-state index contributed by atoms with van der Waals surface area (Å²) >= 11 is 1.63. The number of carbonyl (C=O) groups is 1. The molecule has 0 aromatic heterocycles. The van der Waals surface area contributed by atoms with Crippen LogP contribution in [-0.4, -0.2) is 40.4 Å². The third kappa shape index (κ3) is 3.75. The van der Waals surface area contributed by atoms with Gasteiger partial charge in [0.25, 0.3) is 0 Å². The fourth-order valence-corrected chi connectivity index (χ4v) is 2.97. The predicted octanol–water partition coefficient (Wildman–Crippen LogP) is 1.90. The first-order valence-corrected chi connectivity index (χ1v) is 7.34.